The molecule has 0 fully saturated rings. The van der Waals surface area contributed by atoms with Crippen LogP contribution in [0.2, 0.25) is 0 Å². The number of furan rings is 1. The molecule has 2 nitrogen and oxygen atoms in total. The summed E-state index contributed by atoms with van der Waals surface area (Å²) in [5, 5.41) is 0. The summed E-state index contributed by atoms with van der Waals surface area (Å²) in [6, 6.07) is 11.3. The quantitative estimate of drug-likeness (QED) is 0.801. The first kappa shape index (κ1) is 11.5. The van der Waals surface area contributed by atoms with Gasteiger partial charge in [-0.05, 0) is 56.6 Å². The summed E-state index contributed by atoms with van der Waals surface area (Å²) in [7, 11) is 4.35. The number of benzene rings is 1. The first-order chi connectivity index (χ1) is 8.75. The molecule has 0 radical (unpaired) electrons. The highest BCUT2D eigenvalue weighted by atomic mass is 16.3. The van der Waals surface area contributed by atoms with E-state index in [4.69, 9.17) is 4.42 Å². The predicted molar refractivity (Wildman–Crippen MR) is 73.6 cm³/mol. The number of nitrogens with zero attached hydrogens (tertiary/aromatic N) is 1. The van der Waals surface area contributed by atoms with E-state index >= 15 is 0 Å². The molecule has 1 aliphatic carbocycles. The summed E-state index contributed by atoms with van der Waals surface area (Å²) in [6.07, 6.45) is 5.28. The van der Waals surface area contributed by atoms with Crippen LogP contribution in [0, 0.1) is 0 Å². The summed E-state index contributed by atoms with van der Waals surface area (Å²) in [5.74, 6) is 0.996. The van der Waals surface area contributed by atoms with Gasteiger partial charge < -0.3 is 9.32 Å². The molecule has 1 aromatic carbocycles. The molecule has 18 heavy (non-hydrogen) atoms. The SMILES string of the molecule is CN(C)[C@@H]1CCc2c(cccc2-c2ccco2)C1. The van der Waals surface area contributed by atoms with Crippen LogP contribution in [0.1, 0.15) is 17.5 Å². The molecule has 0 N–H and O–H groups in total. The van der Waals surface area contributed by atoms with Crippen LogP contribution < -0.4 is 0 Å². The Kier molecular flexibility index (Phi) is 2.96. The minimum absolute atomic E-state index is 0.671. The van der Waals surface area contributed by atoms with Crippen LogP contribution >= 0.6 is 0 Å². The molecule has 1 aromatic heterocycles. The fourth-order valence-electron chi connectivity index (χ4n) is 2.89. The fourth-order valence-corrected chi connectivity index (χ4v) is 2.89. The topological polar surface area (TPSA) is 16.4 Å². The van der Waals surface area contributed by atoms with Crippen LogP contribution in [0.25, 0.3) is 11.3 Å². The number of hydrogen-bond acceptors (Lipinski definition) is 2. The van der Waals surface area contributed by atoms with Crippen molar-refractivity contribution in [2.75, 3.05) is 14.1 Å². The van der Waals surface area contributed by atoms with Crippen molar-refractivity contribution in [1.29, 1.82) is 0 Å². The van der Waals surface area contributed by atoms with Gasteiger partial charge in [-0.3, -0.25) is 0 Å². The second-order valence-electron chi connectivity index (χ2n) is 5.28. The van der Waals surface area contributed by atoms with Gasteiger partial charge in [0.1, 0.15) is 5.76 Å². The molecule has 0 bridgehead atoms. The molecule has 0 saturated heterocycles. The van der Waals surface area contributed by atoms with Crippen LogP contribution in [0.5, 0.6) is 0 Å². The molecule has 0 saturated carbocycles. The molecule has 3 rings (SSSR count). The van der Waals surface area contributed by atoms with E-state index in [2.05, 4.69) is 37.2 Å². The Bertz CT molecular complexity index is 528. The lowest BCUT2D eigenvalue weighted by Gasteiger charge is -2.30. The number of fused-ring (bicyclic) bond motifs is 1. The van der Waals surface area contributed by atoms with Gasteiger partial charge in [0.2, 0.25) is 0 Å². The second kappa shape index (κ2) is 4.62. The van der Waals surface area contributed by atoms with E-state index in [0.29, 0.717) is 6.04 Å². The molecule has 1 aliphatic rings. The molecule has 1 heterocycles. The standard InChI is InChI=1S/C16H19NO/c1-17(2)13-8-9-14-12(11-13)5-3-6-15(14)16-7-4-10-18-16/h3-7,10,13H,8-9,11H2,1-2H3/t13-/m1/s1. The van der Waals surface area contributed by atoms with Crippen molar-refractivity contribution in [3.63, 3.8) is 0 Å². The highest BCUT2D eigenvalue weighted by Gasteiger charge is 2.22. The van der Waals surface area contributed by atoms with Crippen molar-refractivity contribution in [1.82, 2.24) is 4.90 Å². The fraction of sp³-hybridized carbons (Fsp3) is 0.375. The van der Waals surface area contributed by atoms with Crippen molar-refractivity contribution in [2.45, 2.75) is 25.3 Å². The molecule has 2 heteroatoms. The highest BCUT2D eigenvalue weighted by molar-refractivity contribution is 5.64. The number of hydrogen-bond donors (Lipinski definition) is 0. The molecule has 0 unspecified atom stereocenters. The lowest BCUT2D eigenvalue weighted by atomic mass is 9.84. The van der Waals surface area contributed by atoms with Gasteiger partial charge in [-0.15, -0.1) is 0 Å². The van der Waals surface area contributed by atoms with Crippen molar-refractivity contribution in [3.8, 4) is 11.3 Å². The Balaban J connectivity index is 1.99. The Morgan fingerprint density at radius 3 is 2.78 bits per heavy atom. The molecule has 94 valence electrons. The van der Waals surface area contributed by atoms with E-state index in [-0.39, 0.29) is 0 Å². The maximum absolute atomic E-state index is 5.55. The largest absolute Gasteiger partial charge is 0.464 e. The summed E-state index contributed by atoms with van der Waals surface area (Å²) in [6.45, 7) is 0. The smallest absolute Gasteiger partial charge is 0.134 e. The van der Waals surface area contributed by atoms with Gasteiger partial charge in [0.05, 0.1) is 6.26 Å². The summed E-state index contributed by atoms with van der Waals surface area (Å²) < 4.78 is 5.55. The third-order valence-corrected chi connectivity index (χ3v) is 3.97. The molecule has 1 atom stereocenters. The van der Waals surface area contributed by atoms with Crippen molar-refractivity contribution in [3.05, 3.63) is 47.7 Å². The van der Waals surface area contributed by atoms with Crippen LogP contribution in [0.3, 0.4) is 0 Å². The lowest BCUT2D eigenvalue weighted by molar-refractivity contribution is 0.268. The zero-order valence-corrected chi connectivity index (χ0v) is 11.0. The third-order valence-electron chi connectivity index (χ3n) is 3.97. The van der Waals surface area contributed by atoms with Crippen LogP contribution in [0.15, 0.2) is 41.0 Å². The van der Waals surface area contributed by atoms with Gasteiger partial charge in [0.25, 0.3) is 0 Å². The summed E-state index contributed by atoms with van der Waals surface area (Å²) >= 11 is 0. The number of likely N-dealkylation sites (N-methyl/N-ethyl adjacent to an activating group) is 1. The Morgan fingerprint density at radius 2 is 2.06 bits per heavy atom. The van der Waals surface area contributed by atoms with E-state index < -0.39 is 0 Å². The van der Waals surface area contributed by atoms with E-state index in [0.717, 1.165) is 18.6 Å². The maximum Gasteiger partial charge on any atom is 0.134 e. The minimum Gasteiger partial charge on any atom is -0.464 e. The third kappa shape index (κ3) is 1.97. The normalized spacial score (nSPS) is 18.9. The van der Waals surface area contributed by atoms with Gasteiger partial charge in [0.15, 0.2) is 0 Å². The minimum atomic E-state index is 0.671. The van der Waals surface area contributed by atoms with E-state index in [1.54, 1.807) is 6.26 Å². The van der Waals surface area contributed by atoms with E-state index in [9.17, 15) is 0 Å². The summed E-state index contributed by atoms with van der Waals surface area (Å²) in [4.78, 5) is 2.34. The first-order valence-corrected chi connectivity index (χ1v) is 6.57. The van der Waals surface area contributed by atoms with Crippen LogP contribution in [-0.4, -0.2) is 25.0 Å². The molecule has 0 amide bonds. The first-order valence-electron chi connectivity index (χ1n) is 6.57. The van der Waals surface area contributed by atoms with E-state index in [1.165, 1.54) is 23.1 Å². The average Bonchev–Trinajstić information content (AvgIpc) is 2.91. The number of rotatable bonds is 2. The molecule has 0 aliphatic heterocycles. The Morgan fingerprint density at radius 1 is 1.17 bits per heavy atom. The van der Waals surface area contributed by atoms with Crippen LogP contribution in [0.4, 0.5) is 0 Å². The zero-order chi connectivity index (χ0) is 12.5. The molecular weight excluding hydrogens is 222 g/mol. The highest BCUT2D eigenvalue weighted by Crippen LogP contribution is 2.32. The van der Waals surface area contributed by atoms with Crippen molar-refractivity contribution in [2.24, 2.45) is 0 Å². The van der Waals surface area contributed by atoms with Gasteiger partial charge in [-0.25, -0.2) is 0 Å². The monoisotopic (exact) mass is 241 g/mol. The van der Waals surface area contributed by atoms with Gasteiger partial charge in [-0.2, -0.15) is 0 Å². The predicted octanol–water partition coefficient (Wildman–Crippen LogP) is 3.37. The second-order valence-corrected chi connectivity index (χ2v) is 5.28. The van der Waals surface area contributed by atoms with Gasteiger partial charge in [-0.1, -0.05) is 18.2 Å². The summed E-state index contributed by atoms with van der Waals surface area (Å²) in [5.41, 5.74) is 4.23. The zero-order valence-electron chi connectivity index (χ0n) is 11.0. The Labute approximate surface area is 108 Å². The van der Waals surface area contributed by atoms with Crippen molar-refractivity contribution < 1.29 is 4.42 Å². The molecular formula is C16H19NO. The molecule has 0 spiro atoms. The van der Waals surface area contributed by atoms with Crippen molar-refractivity contribution >= 4 is 0 Å². The van der Waals surface area contributed by atoms with Gasteiger partial charge >= 0.3 is 0 Å². The van der Waals surface area contributed by atoms with E-state index in [1.807, 2.05) is 12.1 Å². The maximum atomic E-state index is 5.55. The van der Waals surface area contributed by atoms with Gasteiger partial charge in [0, 0.05) is 11.6 Å². The average molecular weight is 241 g/mol. The molecule has 2 aromatic rings. The lowest BCUT2D eigenvalue weighted by Crippen LogP contribution is -2.33. The van der Waals surface area contributed by atoms with Crippen LogP contribution in [-0.2, 0) is 12.8 Å². The Hall–Kier alpha value is -1.54.